The van der Waals surface area contributed by atoms with Crippen LogP contribution in [0.5, 0.6) is 5.75 Å². The third-order valence-corrected chi connectivity index (χ3v) is 4.98. The predicted molar refractivity (Wildman–Crippen MR) is 108 cm³/mol. The van der Waals surface area contributed by atoms with Gasteiger partial charge in [0.25, 0.3) is 11.8 Å². The van der Waals surface area contributed by atoms with Crippen molar-refractivity contribution in [1.82, 2.24) is 4.90 Å². The minimum Gasteiger partial charge on any atom is -0.463 e. The molecule has 3 aliphatic rings. The molecule has 0 radical (unpaired) electrons. The second kappa shape index (κ2) is 7.53. The fraction of sp³-hybridized carbons (Fsp3) is 0.167. The van der Waals surface area contributed by atoms with Gasteiger partial charge in [-0.1, -0.05) is 54.6 Å². The molecule has 2 aromatic rings. The van der Waals surface area contributed by atoms with Crippen molar-refractivity contribution < 1.29 is 19.4 Å². The summed E-state index contributed by atoms with van der Waals surface area (Å²) in [5, 5.41) is 13.2. The maximum atomic E-state index is 12.3. The van der Waals surface area contributed by atoms with Crippen LogP contribution in [-0.4, -0.2) is 34.2 Å². The molecule has 146 valence electrons. The van der Waals surface area contributed by atoms with Gasteiger partial charge in [0.05, 0.1) is 11.1 Å². The number of ether oxygens (including phenoxy) is 1. The molecule has 2 aliphatic carbocycles. The zero-order chi connectivity index (χ0) is 20.4. The van der Waals surface area contributed by atoms with Crippen molar-refractivity contribution in [3.63, 3.8) is 0 Å². The van der Waals surface area contributed by atoms with Gasteiger partial charge in [-0.3, -0.25) is 14.5 Å². The molecule has 1 heterocycles. The molecule has 5 rings (SSSR count). The molecule has 0 bridgehead atoms. The third-order valence-electron chi connectivity index (χ3n) is 4.98. The van der Waals surface area contributed by atoms with Crippen LogP contribution in [0.15, 0.2) is 78.9 Å². The van der Waals surface area contributed by atoms with Gasteiger partial charge in [-0.2, -0.15) is 0 Å². The van der Waals surface area contributed by atoms with E-state index in [1.807, 2.05) is 6.07 Å². The standard InChI is InChI=1S/C18H17NO4.C6H4/c1-18(22,23-13-7-3-2-4-8-13)11-12-19-16(20)14-9-5-6-10-15(14)17(19)21;1-2-6-4-3-5(1)6/h2-10,22H,11-12H2,1H3;1-4H. The number of rotatable bonds is 5. The molecule has 5 heteroatoms. The number of hydrogen-bond acceptors (Lipinski definition) is 4. The quantitative estimate of drug-likeness (QED) is 0.418. The Hall–Kier alpha value is -3.44. The van der Waals surface area contributed by atoms with Crippen molar-refractivity contribution in [2.24, 2.45) is 0 Å². The van der Waals surface area contributed by atoms with Gasteiger partial charge in [0.2, 0.25) is 5.79 Å². The Balaban J connectivity index is 0.000000286. The second-order valence-corrected chi connectivity index (χ2v) is 7.23. The molecule has 2 amide bonds. The molecule has 2 aromatic carbocycles. The van der Waals surface area contributed by atoms with Gasteiger partial charge < -0.3 is 9.84 Å². The first kappa shape index (κ1) is 18.9. The predicted octanol–water partition coefficient (Wildman–Crippen LogP) is 3.75. The van der Waals surface area contributed by atoms with Crippen molar-refractivity contribution >= 4 is 11.8 Å². The molecular weight excluding hydrogens is 366 g/mol. The summed E-state index contributed by atoms with van der Waals surface area (Å²) in [4.78, 5) is 25.7. The van der Waals surface area contributed by atoms with Crippen LogP contribution in [-0.2, 0) is 0 Å². The van der Waals surface area contributed by atoms with Gasteiger partial charge in [-0.05, 0) is 34.7 Å². The van der Waals surface area contributed by atoms with Crippen molar-refractivity contribution in [3.05, 3.63) is 100 Å². The Bertz CT molecular complexity index is 1070. The van der Waals surface area contributed by atoms with Crippen LogP contribution in [0.3, 0.4) is 0 Å². The molecule has 0 saturated carbocycles. The zero-order valence-corrected chi connectivity index (χ0v) is 16.0. The molecule has 29 heavy (non-hydrogen) atoms. The topological polar surface area (TPSA) is 66.8 Å². The number of nitrogens with zero attached hydrogens (tertiary/aromatic N) is 1. The van der Waals surface area contributed by atoms with E-state index in [0.717, 1.165) is 4.90 Å². The third kappa shape index (κ3) is 3.91. The highest BCUT2D eigenvalue weighted by Gasteiger charge is 2.36. The Morgan fingerprint density at radius 2 is 1.28 bits per heavy atom. The second-order valence-electron chi connectivity index (χ2n) is 7.23. The number of carbonyl (C=O) groups is 2. The molecular formula is C24H21NO4. The first-order chi connectivity index (χ1) is 13.9. The van der Waals surface area contributed by atoms with Gasteiger partial charge in [-0.15, -0.1) is 0 Å². The highest BCUT2D eigenvalue weighted by molar-refractivity contribution is 6.21. The van der Waals surface area contributed by atoms with Crippen LogP contribution in [0.1, 0.15) is 34.1 Å². The summed E-state index contributed by atoms with van der Waals surface area (Å²) >= 11 is 0. The van der Waals surface area contributed by atoms with Crippen LogP contribution >= 0.6 is 0 Å². The highest BCUT2D eigenvalue weighted by atomic mass is 16.6. The lowest BCUT2D eigenvalue weighted by molar-refractivity contribution is -0.127. The van der Waals surface area contributed by atoms with Crippen LogP contribution < -0.4 is 4.74 Å². The van der Waals surface area contributed by atoms with E-state index in [-0.39, 0.29) is 24.8 Å². The van der Waals surface area contributed by atoms with Crippen molar-refractivity contribution in [2.75, 3.05) is 6.54 Å². The average molecular weight is 387 g/mol. The van der Waals surface area contributed by atoms with Gasteiger partial charge in [0.1, 0.15) is 5.75 Å². The summed E-state index contributed by atoms with van der Waals surface area (Å²) in [6.07, 6.45) is 0.118. The van der Waals surface area contributed by atoms with Crippen LogP contribution in [0.25, 0.3) is 0 Å². The first-order valence-corrected chi connectivity index (χ1v) is 9.47. The first-order valence-electron chi connectivity index (χ1n) is 9.47. The van der Waals surface area contributed by atoms with Gasteiger partial charge in [0.15, 0.2) is 0 Å². The minimum absolute atomic E-state index is 0.0895. The molecule has 5 nitrogen and oxygen atoms in total. The maximum absolute atomic E-state index is 12.3. The number of benzene rings is 3. The number of carbonyl (C=O) groups excluding carboxylic acids is 2. The van der Waals surface area contributed by atoms with Crippen molar-refractivity contribution in [2.45, 2.75) is 19.1 Å². The highest BCUT2D eigenvalue weighted by Crippen LogP contribution is 2.25. The Morgan fingerprint density at radius 3 is 1.72 bits per heavy atom. The van der Waals surface area contributed by atoms with E-state index >= 15 is 0 Å². The monoisotopic (exact) mass is 387 g/mol. The van der Waals surface area contributed by atoms with E-state index in [0.29, 0.717) is 16.9 Å². The van der Waals surface area contributed by atoms with Crippen molar-refractivity contribution in [3.8, 4) is 5.75 Å². The Labute approximate surface area is 168 Å². The lowest BCUT2D eigenvalue weighted by atomic mass is 10.1. The molecule has 1 atom stereocenters. The molecule has 1 unspecified atom stereocenters. The summed E-state index contributed by atoms with van der Waals surface area (Å²) in [7, 11) is 0. The Kier molecular flexibility index (Phi) is 4.91. The van der Waals surface area contributed by atoms with E-state index in [4.69, 9.17) is 4.74 Å². The normalized spacial score (nSPS) is 15.2. The van der Waals surface area contributed by atoms with E-state index < -0.39 is 5.79 Å². The number of imide groups is 1. The molecule has 0 aromatic heterocycles. The number of aliphatic hydroxyl groups is 1. The Morgan fingerprint density at radius 1 is 0.793 bits per heavy atom. The number of fused-ring (bicyclic) bond motifs is 1. The number of hydrogen-bond donors (Lipinski definition) is 1. The molecule has 1 aliphatic heterocycles. The number of para-hydroxylation sites is 1. The van der Waals surface area contributed by atoms with Crippen LogP contribution in [0.4, 0.5) is 0 Å². The zero-order valence-electron chi connectivity index (χ0n) is 16.0. The van der Waals surface area contributed by atoms with E-state index in [1.165, 1.54) is 17.4 Å². The average Bonchev–Trinajstić information content (AvgIpc) is 2.95. The van der Waals surface area contributed by atoms with E-state index in [9.17, 15) is 14.7 Å². The summed E-state index contributed by atoms with van der Waals surface area (Å²) in [5.41, 5.74) is 0.808. The fourth-order valence-corrected chi connectivity index (χ4v) is 3.22. The SMILES string of the molecule is CC(O)(CCN1C(=O)c2ccccc2C1=O)Oc1ccccc1.c1cc2ccc1=2. The summed E-state index contributed by atoms with van der Waals surface area (Å²) in [6.45, 7) is 1.60. The van der Waals surface area contributed by atoms with Gasteiger partial charge >= 0.3 is 0 Å². The van der Waals surface area contributed by atoms with Gasteiger partial charge in [-0.25, -0.2) is 0 Å². The largest absolute Gasteiger partial charge is 0.463 e. The van der Waals surface area contributed by atoms with Crippen LogP contribution in [0, 0.1) is 10.4 Å². The smallest absolute Gasteiger partial charge is 0.261 e. The summed E-state index contributed by atoms with van der Waals surface area (Å²) in [6, 6.07) is 24.1. The van der Waals surface area contributed by atoms with E-state index in [2.05, 4.69) is 24.3 Å². The van der Waals surface area contributed by atoms with Gasteiger partial charge in [0, 0.05) is 19.9 Å². The lowest BCUT2D eigenvalue weighted by Crippen LogP contribution is -2.39. The maximum Gasteiger partial charge on any atom is 0.261 e. The fourth-order valence-electron chi connectivity index (χ4n) is 3.22. The summed E-state index contributed by atoms with van der Waals surface area (Å²) in [5.74, 6) is -1.61. The van der Waals surface area contributed by atoms with E-state index in [1.54, 1.807) is 48.5 Å². The molecule has 0 fully saturated rings. The molecule has 0 spiro atoms. The lowest BCUT2D eigenvalue weighted by Gasteiger charge is -2.26. The molecule has 0 saturated heterocycles. The van der Waals surface area contributed by atoms with Crippen molar-refractivity contribution in [1.29, 1.82) is 0 Å². The number of amides is 2. The molecule has 1 N–H and O–H groups in total. The minimum atomic E-state index is -1.48. The van der Waals surface area contributed by atoms with Crippen LogP contribution in [0.2, 0.25) is 0 Å². The summed E-state index contributed by atoms with van der Waals surface area (Å²) < 4.78 is 5.52.